The average molecular weight is 426 g/mol. The second-order valence-corrected chi connectivity index (χ2v) is 8.85. The molecule has 1 amide bonds. The molecule has 0 bridgehead atoms. The van der Waals surface area contributed by atoms with Crippen molar-refractivity contribution in [2.45, 2.75) is 37.9 Å². The molecular weight excluding hydrogens is 398 g/mol. The number of ether oxygens (including phenoxy) is 1. The van der Waals surface area contributed by atoms with E-state index in [9.17, 15) is 4.79 Å². The molecule has 0 saturated heterocycles. The number of rotatable bonds is 7. The summed E-state index contributed by atoms with van der Waals surface area (Å²) in [7, 11) is 1.75. The second kappa shape index (κ2) is 9.21. The first-order valence-corrected chi connectivity index (χ1v) is 10.6. The molecular formula is C22H27N5O2S. The summed E-state index contributed by atoms with van der Waals surface area (Å²) in [6.07, 6.45) is 0. The highest BCUT2D eigenvalue weighted by Gasteiger charge is 2.16. The minimum Gasteiger partial charge on any atom is -0.486 e. The molecule has 0 saturated carbocycles. The second-order valence-electron chi connectivity index (χ2n) is 7.91. The first kappa shape index (κ1) is 21.7. The number of thioether (sulfide) groups is 1. The van der Waals surface area contributed by atoms with Crippen LogP contribution in [0.25, 0.3) is 0 Å². The van der Waals surface area contributed by atoms with Gasteiger partial charge in [-0.15, -0.1) is 10.2 Å². The van der Waals surface area contributed by atoms with Crippen molar-refractivity contribution < 1.29 is 9.53 Å². The molecule has 0 spiro atoms. The number of nitrogens with zero attached hydrogens (tertiary/aromatic N) is 4. The molecule has 0 aliphatic carbocycles. The first-order chi connectivity index (χ1) is 14.3. The van der Waals surface area contributed by atoms with Crippen molar-refractivity contribution in [3.05, 3.63) is 66.0 Å². The Morgan fingerprint density at radius 2 is 1.77 bits per heavy atom. The standard InChI is InChI=1S/C22H27N5O2S/c1-22(2,3)16-10-12-18(13-11-16)29-14-19-24-25-21(27(19)23)30-15-20(28)26(4)17-8-6-5-7-9-17/h5-13H,14-15,23H2,1-4H3. The summed E-state index contributed by atoms with van der Waals surface area (Å²) >= 11 is 1.24. The molecule has 1 heterocycles. The van der Waals surface area contributed by atoms with Crippen LogP contribution in [-0.4, -0.2) is 33.6 Å². The molecule has 3 rings (SSSR count). The number of anilines is 1. The number of carbonyl (C=O) groups is 1. The fraction of sp³-hybridized carbons (Fsp3) is 0.318. The van der Waals surface area contributed by atoms with Crippen LogP contribution in [-0.2, 0) is 16.8 Å². The summed E-state index contributed by atoms with van der Waals surface area (Å²) < 4.78 is 7.15. The van der Waals surface area contributed by atoms with E-state index in [2.05, 4.69) is 43.1 Å². The number of nitrogen functional groups attached to an aromatic ring is 1. The van der Waals surface area contributed by atoms with Crippen LogP contribution in [0.15, 0.2) is 59.8 Å². The van der Waals surface area contributed by atoms with Gasteiger partial charge in [0.25, 0.3) is 0 Å². The lowest BCUT2D eigenvalue weighted by Crippen LogP contribution is -2.28. The lowest BCUT2D eigenvalue weighted by molar-refractivity contribution is -0.115. The molecule has 2 N–H and O–H groups in total. The Morgan fingerprint density at radius 1 is 1.10 bits per heavy atom. The smallest absolute Gasteiger partial charge is 0.237 e. The lowest BCUT2D eigenvalue weighted by atomic mass is 9.87. The summed E-state index contributed by atoms with van der Waals surface area (Å²) in [4.78, 5) is 14.0. The zero-order valence-corrected chi connectivity index (χ0v) is 18.5. The Labute approximate surface area is 181 Å². The van der Waals surface area contributed by atoms with E-state index in [0.717, 1.165) is 11.4 Å². The van der Waals surface area contributed by atoms with Gasteiger partial charge in [0, 0.05) is 12.7 Å². The van der Waals surface area contributed by atoms with Gasteiger partial charge in [-0.25, -0.2) is 4.68 Å². The maximum absolute atomic E-state index is 12.4. The summed E-state index contributed by atoms with van der Waals surface area (Å²) in [5.74, 6) is 7.47. The molecule has 0 radical (unpaired) electrons. The van der Waals surface area contributed by atoms with Crippen molar-refractivity contribution in [3.63, 3.8) is 0 Å². The van der Waals surface area contributed by atoms with E-state index < -0.39 is 0 Å². The van der Waals surface area contributed by atoms with Crippen molar-refractivity contribution in [2.75, 3.05) is 23.5 Å². The first-order valence-electron chi connectivity index (χ1n) is 9.63. The van der Waals surface area contributed by atoms with E-state index in [1.54, 1.807) is 11.9 Å². The summed E-state index contributed by atoms with van der Waals surface area (Å²) in [6, 6.07) is 17.5. The van der Waals surface area contributed by atoms with E-state index >= 15 is 0 Å². The molecule has 0 unspecified atom stereocenters. The van der Waals surface area contributed by atoms with Gasteiger partial charge in [-0.3, -0.25) is 4.79 Å². The maximum atomic E-state index is 12.4. The van der Waals surface area contributed by atoms with Crippen LogP contribution < -0.4 is 15.5 Å². The van der Waals surface area contributed by atoms with Crippen LogP contribution >= 0.6 is 11.8 Å². The van der Waals surface area contributed by atoms with Crippen LogP contribution in [0.5, 0.6) is 5.75 Å². The van der Waals surface area contributed by atoms with Gasteiger partial charge in [0.2, 0.25) is 11.1 Å². The van der Waals surface area contributed by atoms with Gasteiger partial charge < -0.3 is 15.5 Å². The van der Waals surface area contributed by atoms with Gasteiger partial charge in [0.1, 0.15) is 12.4 Å². The highest BCUT2D eigenvalue weighted by molar-refractivity contribution is 7.99. The Morgan fingerprint density at radius 3 is 2.40 bits per heavy atom. The van der Waals surface area contributed by atoms with Gasteiger partial charge in [-0.05, 0) is 35.2 Å². The topological polar surface area (TPSA) is 86.3 Å². The fourth-order valence-corrected chi connectivity index (χ4v) is 3.51. The quantitative estimate of drug-likeness (QED) is 0.460. The van der Waals surface area contributed by atoms with Crippen molar-refractivity contribution in [1.82, 2.24) is 14.9 Å². The molecule has 1 aromatic heterocycles. The monoisotopic (exact) mass is 425 g/mol. The predicted molar refractivity (Wildman–Crippen MR) is 120 cm³/mol. The van der Waals surface area contributed by atoms with Crippen molar-refractivity contribution >= 4 is 23.4 Å². The largest absolute Gasteiger partial charge is 0.486 e. The Balaban J connectivity index is 1.55. The number of nitrogens with two attached hydrogens (primary N) is 1. The summed E-state index contributed by atoms with van der Waals surface area (Å²) in [5, 5.41) is 8.63. The molecule has 8 heteroatoms. The van der Waals surface area contributed by atoms with Gasteiger partial charge in [0.05, 0.1) is 5.75 Å². The number of hydrogen-bond acceptors (Lipinski definition) is 6. The zero-order valence-electron chi connectivity index (χ0n) is 17.7. The number of carbonyl (C=O) groups excluding carboxylic acids is 1. The number of hydrogen-bond donors (Lipinski definition) is 1. The molecule has 7 nitrogen and oxygen atoms in total. The predicted octanol–water partition coefficient (Wildman–Crippen LogP) is 3.62. The van der Waals surface area contributed by atoms with Crippen molar-refractivity contribution in [1.29, 1.82) is 0 Å². The third-order valence-corrected chi connectivity index (χ3v) is 5.59. The molecule has 30 heavy (non-hydrogen) atoms. The third-order valence-electron chi connectivity index (χ3n) is 4.67. The normalized spacial score (nSPS) is 11.3. The molecule has 0 aliphatic rings. The average Bonchev–Trinajstić information content (AvgIpc) is 3.09. The van der Waals surface area contributed by atoms with E-state index in [1.807, 2.05) is 42.5 Å². The highest BCUT2D eigenvalue weighted by Crippen LogP contribution is 2.25. The number of benzene rings is 2. The van der Waals surface area contributed by atoms with E-state index in [1.165, 1.54) is 22.0 Å². The number of aromatic nitrogens is 3. The molecule has 0 aliphatic heterocycles. The van der Waals surface area contributed by atoms with Gasteiger partial charge >= 0.3 is 0 Å². The molecule has 0 atom stereocenters. The molecule has 3 aromatic rings. The maximum Gasteiger partial charge on any atom is 0.237 e. The van der Waals surface area contributed by atoms with E-state index in [-0.39, 0.29) is 23.7 Å². The Hall–Kier alpha value is -3.00. The zero-order chi connectivity index (χ0) is 21.7. The van der Waals surface area contributed by atoms with E-state index in [4.69, 9.17) is 10.6 Å². The Kier molecular flexibility index (Phi) is 6.66. The SMILES string of the molecule is CN(C(=O)CSc1nnc(COc2ccc(C(C)(C)C)cc2)n1N)c1ccccc1. The molecule has 0 fully saturated rings. The minimum atomic E-state index is -0.0501. The van der Waals surface area contributed by atoms with Gasteiger partial charge in [-0.2, -0.15) is 0 Å². The molecule has 2 aromatic carbocycles. The van der Waals surface area contributed by atoms with Crippen LogP contribution in [0.3, 0.4) is 0 Å². The Bertz CT molecular complexity index is 981. The molecule has 158 valence electrons. The fourth-order valence-electron chi connectivity index (χ4n) is 2.72. The van der Waals surface area contributed by atoms with Crippen LogP contribution in [0.1, 0.15) is 32.2 Å². The third kappa shape index (κ3) is 5.33. The number of amides is 1. The summed E-state index contributed by atoms with van der Waals surface area (Å²) in [5.41, 5.74) is 2.17. The van der Waals surface area contributed by atoms with Crippen LogP contribution in [0.2, 0.25) is 0 Å². The minimum absolute atomic E-state index is 0.0501. The van der Waals surface area contributed by atoms with Crippen molar-refractivity contribution in [3.8, 4) is 5.75 Å². The van der Waals surface area contributed by atoms with Gasteiger partial charge in [0.15, 0.2) is 5.82 Å². The van der Waals surface area contributed by atoms with Gasteiger partial charge in [-0.1, -0.05) is 62.9 Å². The summed E-state index contributed by atoms with van der Waals surface area (Å²) in [6.45, 7) is 6.70. The van der Waals surface area contributed by atoms with E-state index in [0.29, 0.717) is 11.0 Å². The lowest BCUT2D eigenvalue weighted by Gasteiger charge is -2.19. The number of para-hydroxylation sites is 1. The highest BCUT2D eigenvalue weighted by atomic mass is 32.2. The van der Waals surface area contributed by atoms with Crippen LogP contribution in [0.4, 0.5) is 5.69 Å². The van der Waals surface area contributed by atoms with Crippen molar-refractivity contribution in [2.24, 2.45) is 0 Å². The van der Waals surface area contributed by atoms with Crippen LogP contribution in [0, 0.1) is 0 Å².